The standard InChI is InChI=1S/C17H25FN2OS/c1-22-12-2-11-20-16(7-8-17(20)21)9-10-19-13-14-3-5-15(18)6-4-14/h3-6,16,19H,2,7-13H2,1H3/t16-/m1/s1. The molecule has 3 nitrogen and oxygen atoms in total. The monoisotopic (exact) mass is 324 g/mol. The molecule has 0 radical (unpaired) electrons. The van der Waals surface area contributed by atoms with Crippen molar-refractivity contribution >= 4 is 17.7 Å². The first-order valence-corrected chi connectivity index (χ1v) is 9.33. The third kappa shape index (κ3) is 5.29. The van der Waals surface area contributed by atoms with E-state index in [0.717, 1.165) is 50.2 Å². The number of nitrogens with zero attached hydrogens (tertiary/aromatic N) is 1. The van der Waals surface area contributed by atoms with Gasteiger partial charge < -0.3 is 10.2 Å². The third-order valence-electron chi connectivity index (χ3n) is 4.10. The number of nitrogens with one attached hydrogen (secondary N) is 1. The van der Waals surface area contributed by atoms with Crippen molar-refractivity contribution in [3.8, 4) is 0 Å². The maximum atomic E-state index is 12.8. The molecular weight excluding hydrogens is 299 g/mol. The van der Waals surface area contributed by atoms with E-state index < -0.39 is 0 Å². The minimum absolute atomic E-state index is 0.200. The summed E-state index contributed by atoms with van der Waals surface area (Å²) >= 11 is 1.83. The van der Waals surface area contributed by atoms with Crippen LogP contribution in [0, 0.1) is 5.82 Å². The number of amides is 1. The molecule has 0 saturated carbocycles. The van der Waals surface area contributed by atoms with E-state index in [9.17, 15) is 9.18 Å². The number of likely N-dealkylation sites (tertiary alicyclic amines) is 1. The Morgan fingerprint density at radius 3 is 2.86 bits per heavy atom. The molecule has 1 atom stereocenters. The van der Waals surface area contributed by atoms with Crippen molar-refractivity contribution in [3.63, 3.8) is 0 Å². The molecule has 0 aromatic heterocycles. The fraction of sp³-hybridized carbons (Fsp3) is 0.588. The number of carbonyl (C=O) groups excluding carboxylic acids is 1. The van der Waals surface area contributed by atoms with Crippen molar-refractivity contribution in [3.05, 3.63) is 35.6 Å². The Bertz CT molecular complexity index is 466. The van der Waals surface area contributed by atoms with E-state index in [1.54, 1.807) is 12.1 Å². The summed E-state index contributed by atoms with van der Waals surface area (Å²) in [5, 5.41) is 3.39. The number of hydrogen-bond acceptors (Lipinski definition) is 3. The molecule has 1 aromatic rings. The number of carbonyl (C=O) groups is 1. The molecule has 1 aliphatic heterocycles. The van der Waals surface area contributed by atoms with E-state index in [0.29, 0.717) is 18.4 Å². The quantitative estimate of drug-likeness (QED) is 0.709. The highest BCUT2D eigenvalue weighted by Crippen LogP contribution is 2.21. The molecule has 22 heavy (non-hydrogen) atoms. The van der Waals surface area contributed by atoms with Crippen LogP contribution in [0.15, 0.2) is 24.3 Å². The second-order valence-corrected chi connectivity index (χ2v) is 6.70. The van der Waals surface area contributed by atoms with Crippen LogP contribution in [-0.2, 0) is 11.3 Å². The zero-order valence-electron chi connectivity index (χ0n) is 13.2. The van der Waals surface area contributed by atoms with Crippen molar-refractivity contribution in [1.82, 2.24) is 10.2 Å². The second kappa shape index (κ2) is 9.16. The van der Waals surface area contributed by atoms with Gasteiger partial charge in [-0.2, -0.15) is 11.8 Å². The second-order valence-electron chi connectivity index (χ2n) is 5.72. The van der Waals surface area contributed by atoms with Crippen LogP contribution in [-0.4, -0.2) is 41.9 Å². The number of hydrogen-bond donors (Lipinski definition) is 1. The minimum Gasteiger partial charge on any atom is -0.340 e. The molecule has 0 bridgehead atoms. The van der Waals surface area contributed by atoms with Gasteiger partial charge in [-0.15, -0.1) is 0 Å². The van der Waals surface area contributed by atoms with Gasteiger partial charge in [0.1, 0.15) is 5.82 Å². The van der Waals surface area contributed by atoms with Gasteiger partial charge in [0.2, 0.25) is 5.91 Å². The molecule has 1 N–H and O–H groups in total. The summed E-state index contributed by atoms with van der Waals surface area (Å²) in [6.07, 6.45) is 5.85. The maximum absolute atomic E-state index is 12.8. The zero-order valence-corrected chi connectivity index (χ0v) is 14.0. The first kappa shape index (κ1) is 17.3. The Kier molecular flexibility index (Phi) is 7.19. The fourth-order valence-electron chi connectivity index (χ4n) is 2.88. The highest BCUT2D eigenvalue weighted by atomic mass is 32.2. The lowest BCUT2D eigenvalue weighted by molar-refractivity contribution is -0.129. The average Bonchev–Trinajstić information content (AvgIpc) is 2.87. The van der Waals surface area contributed by atoms with Gasteiger partial charge >= 0.3 is 0 Å². The van der Waals surface area contributed by atoms with Gasteiger partial charge in [0.15, 0.2) is 0 Å². The molecule has 1 heterocycles. The van der Waals surface area contributed by atoms with Crippen LogP contribution < -0.4 is 5.32 Å². The molecule has 0 unspecified atom stereocenters. The van der Waals surface area contributed by atoms with Crippen molar-refractivity contribution in [2.24, 2.45) is 0 Å². The first-order chi connectivity index (χ1) is 10.7. The smallest absolute Gasteiger partial charge is 0.222 e. The molecule has 1 aromatic carbocycles. The van der Waals surface area contributed by atoms with Crippen LogP contribution in [0.25, 0.3) is 0 Å². The molecule has 122 valence electrons. The van der Waals surface area contributed by atoms with Crippen LogP contribution in [0.4, 0.5) is 4.39 Å². The number of rotatable bonds is 9. The molecular formula is C17H25FN2OS. The van der Waals surface area contributed by atoms with E-state index in [2.05, 4.69) is 16.5 Å². The fourth-order valence-corrected chi connectivity index (χ4v) is 3.30. The molecule has 1 amide bonds. The van der Waals surface area contributed by atoms with Gasteiger partial charge in [-0.3, -0.25) is 4.79 Å². The summed E-state index contributed by atoms with van der Waals surface area (Å²) in [6.45, 7) is 2.52. The molecule has 2 rings (SSSR count). The van der Waals surface area contributed by atoms with Gasteiger partial charge in [0.25, 0.3) is 0 Å². The Hall–Kier alpha value is -1.07. The van der Waals surface area contributed by atoms with Crippen LogP contribution >= 0.6 is 11.8 Å². The van der Waals surface area contributed by atoms with Gasteiger partial charge in [-0.05, 0) is 55.5 Å². The summed E-state index contributed by atoms with van der Waals surface area (Å²) in [6, 6.07) is 6.96. The number of halogens is 1. The Labute approximate surface area is 136 Å². The van der Waals surface area contributed by atoms with Gasteiger partial charge in [-0.1, -0.05) is 12.1 Å². The lowest BCUT2D eigenvalue weighted by Gasteiger charge is -2.25. The van der Waals surface area contributed by atoms with Gasteiger partial charge in [0, 0.05) is 25.6 Å². The van der Waals surface area contributed by atoms with E-state index in [1.807, 2.05) is 11.8 Å². The van der Waals surface area contributed by atoms with Crippen molar-refractivity contribution in [2.75, 3.05) is 25.1 Å². The zero-order chi connectivity index (χ0) is 15.8. The highest BCUT2D eigenvalue weighted by Gasteiger charge is 2.29. The number of benzene rings is 1. The molecule has 0 spiro atoms. The third-order valence-corrected chi connectivity index (χ3v) is 4.79. The largest absolute Gasteiger partial charge is 0.340 e. The van der Waals surface area contributed by atoms with Gasteiger partial charge in [-0.25, -0.2) is 4.39 Å². The van der Waals surface area contributed by atoms with Crippen molar-refractivity contribution in [1.29, 1.82) is 0 Å². The molecule has 5 heteroatoms. The summed E-state index contributed by atoms with van der Waals surface area (Å²) in [5.41, 5.74) is 1.08. The Morgan fingerprint density at radius 2 is 2.14 bits per heavy atom. The van der Waals surface area contributed by atoms with Crippen molar-refractivity contribution in [2.45, 2.75) is 38.3 Å². The molecule has 0 aliphatic carbocycles. The van der Waals surface area contributed by atoms with Crippen LogP contribution in [0.5, 0.6) is 0 Å². The van der Waals surface area contributed by atoms with Gasteiger partial charge in [0.05, 0.1) is 0 Å². The SMILES string of the molecule is CSCCCN1C(=O)CC[C@@H]1CCNCc1ccc(F)cc1. The van der Waals surface area contributed by atoms with E-state index in [4.69, 9.17) is 0 Å². The lowest BCUT2D eigenvalue weighted by Crippen LogP contribution is -2.36. The molecule has 1 aliphatic rings. The van der Waals surface area contributed by atoms with Crippen LogP contribution in [0.2, 0.25) is 0 Å². The lowest BCUT2D eigenvalue weighted by atomic mass is 10.1. The topological polar surface area (TPSA) is 32.3 Å². The normalized spacial score (nSPS) is 18.2. The summed E-state index contributed by atoms with van der Waals surface area (Å²) < 4.78 is 12.8. The van der Waals surface area contributed by atoms with E-state index in [1.165, 1.54) is 12.1 Å². The predicted octanol–water partition coefficient (Wildman–Crippen LogP) is 3.05. The highest BCUT2D eigenvalue weighted by molar-refractivity contribution is 7.98. The van der Waals surface area contributed by atoms with E-state index in [-0.39, 0.29) is 5.82 Å². The maximum Gasteiger partial charge on any atom is 0.222 e. The summed E-state index contributed by atoms with van der Waals surface area (Å²) in [7, 11) is 0. The summed E-state index contributed by atoms with van der Waals surface area (Å²) in [5.74, 6) is 1.22. The average molecular weight is 324 g/mol. The number of thioether (sulfide) groups is 1. The summed E-state index contributed by atoms with van der Waals surface area (Å²) in [4.78, 5) is 14.0. The Balaban J connectivity index is 1.68. The predicted molar refractivity (Wildman–Crippen MR) is 90.5 cm³/mol. The Morgan fingerprint density at radius 1 is 1.36 bits per heavy atom. The first-order valence-electron chi connectivity index (χ1n) is 7.94. The minimum atomic E-state index is -0.200. The van der Waals surface area contributed by atoms with E-state index >= 15 is 0 Å². The van der Waals surface area contributed by atoms with Crippen LogP contribution in [0.1, 0.15) is 31.2 Å². The van der Waals surface area contributed by atoms with Crippen LogP contribution in [0.3, 0.4) is 0 Å². The molecule has 1 fully saturated rings. The van der Waals surface area contributed by atoms with Crippen molar-refractivity contribution < 1.29 is 9.18 Å². The molecule has 1 saturated heterocycles.